The molecule has 1 amide bonds. The highest BCUT2D eigenvalue weighted by atomic mass is 16.5. The van der Waals surface area contributed by atoms with Crippen molar-refractivity contribution in [2.75, 3.05) is 17.7 Å². The normalized spacial score (nSPS) is 11.6. The van der Waals surface area contributed by atoms with Gasteiger partial charge in [-0.2, -0.15) is 0 Å². The van der Waals surface area contributed by atoms with E-state index >= 15 is 0 Å². The Balaban J connectivity index is 2.14. The minimum atomic E-state index is -0.306. The lowest BCUT2D eigenvalue weighted by Crippen LogP contribution is -2.19. The van der Waals surface area contributed by atoms with E-state index in [1.165, 1.54) is 0 Å². The molecule has 1 atom stereocenters. The molecule has 2 aromatic rings. The summed E-state index contributed by atoms with van der Waals surface area (Å²) in [5, 5.41) is 5.94. The number of rotatable bonds is 6. The number of benzene rings is 1. The summed E-state index contributed by atoms with van der Waals surface area (Å²) in [6.07, 6.45) is 2.51. The number of anilines is 2. The van der Waals surface area contributed by atoms with Crippen molar-refractivity contribution < 1.29 is 9.53 Å². The summed E-state index contributed by atoms with van der Waals surface area (Å²) in [4.78, 5) is 20.7. The van der Waals surface area contributed by atoms with Gasteiger partial charge in [0.05, 0.1) is 12.8 Å². The molecule has 0 spiro atoms. The zero-order chi connectivity index (χ0) is 15.9. The average Bonchev–Trinajstić information content (AvgIpc) is 2.55. The molecule has 0 saturated heterocycles. The molecular weight excluding hydrogens is 280 g/mol. The molecule has 0 aliphatic heterocycles. The van der Waals surface area contributed by atoms with E-state index in [-0.39, 0.29) is 11.9 Å². The Kier molecular flexibility index (Phi) is 5.30. The molecule has 0 saturated carbocycles. The van der Waals surface area contributed by atoms with E-state index in [9.17, 15) is 4.79 Å². The molecule has 2 N–H and O–H groups in total. The second-order valence-electron chi connectivity index (χ2n) is 4.87. The Bertz CT molecular complexity index is 646. The fraction of sp³-hybridized carbons (Fsp3) is 0.312. The van der Waals surface area contributed by atoms with Crippen LogP contribution in [0.2, 0.25) is 0 Å². The lowest BCUT2D eigenvalue weighted by molar-refractivity contribution is 0.102. The molecule has 116 valence electrons. The van der Waals surface area contributed by atoms with E-state index in [0.29, 0.717) is 23.1 Å². The van der Waals surface area contributed by atoms with Crippen LogP contribution >= 0.6 is 0 Å². The monoisotopic (exact) mass is 300 g/mol. The molecule has 0 bridgehead atoms. The summed E-state index contributed by atoms with van der Waals surface area (Å²) < 4.78 is 5.21. The summed E-state index contributed by atoms with van der Waals surface area (Å²) in [5.41, 5.74) is 0.900. The van der Waals surface area contributed by atoms with Gasteiger partial charge in [-0.3, -0.25) is 4.79 Å². The third kappa shape index (κ3) is 3.94. The maximum atomic E-state index is 12.3. The SMILES string of the molecule is CCC(C)Nc1nccc(C(=O)Nc2ccccc2OC)n1. The number of carbonyl (C=O) groups is 1. The van der Waals surface area contributed by atoms with Gasteiger partial charge in [0.25, 0.3) is 5.91 Å². The molecule has 2 rings (SSSR count). The molecule has 1 aromatic heterocycles. The fourth-order valence-electron chi connectivity index (χ4n) is 1.81. The summed E-state index contributed by atoms with van der Waals surface area (Å²) in [7, 11) is 1.56. The van der Waals surface area contributed by atoms with Crippen LogP contribution in [0.15, 0.2) is 36.5 Å². The Morgan fingerprint density at radius 1 is 1.32 bits per heavy atom. The van der Waals surface area contributed by atoms with E-state index in [1.54, 1.807) is 31.5 Å². The smallest absolute Gasteiger partial charge is 0.274 e. The number of methoxy groups -OCH3 is 1. The van der Waals surface area contributed by atoms with Crippen LogP contribution in [0.1, 0.15) is 30.8 Å². The number of aromatic nitrogens is 2. The molecular formula is C16H20N4O2. The molecule has 0 aliphatic carbocycles. The van der Waals surface area contributed by atoms with Gasteiger partial charge in [-0.15, -0.1) is 0 Å². The van der Waals surface area contributed by atoms with Crippen molar-refractivity contribution in [3.05, 3.63) is 42.2 Å². The number of para-hydroxylation sites is 2. The van der Waals surface area contributed by atoms with E-state index in [2.05, 4.69) is 27.5 Å². The molecule has 0 fully saturated rings. The third-order valence-corrected chi connectivity index (χ3v) is 3.23. The molecule has 0 aliphatic rings. The van der Waals surface area contributed by atoms with Crippen LogP contribution in [0.25, 0.3) is 0 Å². The molecule has 6 nitrogen and oxygen atoms in total. The summed E-state index contributed by atoms with van der Waals surface area (Å²) in [5.74, 6) is 0.740. The Labute approximate surface area is 129 Å². The van der Waals surface area contributed by atoms with Gasteiger partial charge in [-0.1, -0.05) is 19.1 Å². The Hall–Kier alpha value is -2.63. The van der Waals surface area contributed by atoms with E-state index in [1.807, 2.05) is 19.1 Å². The number of hydrogen-bond acceptors (Lipinski definition) is 5. The standard InChI is InChI=1S/C16H20N4O2/c1-4-11(2)18-16-17-10-9-13(20-16)15(21)19-12-7-5-6-8-14(12)22-3/h5-11H,4H2,1-3H3,(H,19,21)(H,17,18,20). The quantitative estimate of drug-likeness (QED) is 0.857. The van der Waals surface area contributed by atoms with E-state index in [0.717, 1.165) is 6.42 Å². The lowest BCUT2D eigenvalue weighted by Gasteiger charge is -2.12. The first-order valence-corrected chi connectivity index (χ1v) is 7.18. The summed E-state index contributed by atoms with van der Waals surface area (Å²) in [6, 6.07) is 9.04. The lowest BCUT2D eigenvalue weighted by atomic mass is 10.2. The minimum Gasteiger partial charge on any atom is -0.495 e. The first kappa shape index (κ1) is 15.8. The van der Waals surface area contributed by atoms with Crippen LogP contribution in [0.4, 0.5) is 11.6 Å². The summed E-state index contributed by atoms with van der Waals surface area (Å²) >= 11 is 0. The van der Waals surface area contributed by atoms with E-state index in [4.69, 9.17) is 4.74 Å². The fourth-order valence-corrected chi connectivity index (χ4v) is 1.81. The zero-order valence-corrected chi connectivity index (χ0v) is 13.0. The number of nitrogens with one attached hydrogen (secondary N) is 2. The largest absolute Gasteiger partial charge is 0.495 e. The molecule has 1 unspecified atom stereocenters. The topological polar surface area (TPSA) is 76.1 Å². The second kappa shape index (κ2) is 7.40. The van der Waals surface area contributed by atoms with Gasteiger partial charge in [0, 0.05) is 12.2 Å². The van der Waals surface area contributed by atoms with E-state index < -0.39 is 0 Å². The average molecular weight is 300 g/mol. The van der Waals surface area contributed by atoms with Crippen molar-refractivity contribution in [2.45, 2.75) is 26.3 Å². The van der Waals surface area contributed by atoms with Crippen LogP contribution in [0.3, 0.4) is 0 Å². The number of carbonyl (C=O) groups excluding carboxylic acids is 1. The number of ether oxygens (including phenoxy) is 1. The molecule has 1 aromatic carbocycles. The van der Waals surface area contributed by atoms with Crippen molar-refractivity contribution in [1.29, 1.82) is 0 Å². The molecule has 22 heavy (non-hydrogen) atoms. The summed E-state index contributed by atoms with van der Waals surface area (Å²) in [6.45, 7) is 4.10. The molecule has 1 heterocycles. The van der Waals surface area contributed by atoms with Gasteiger partial charge in [0.2, 0.25) is 5.95 Å². The zero-order valence-electron chi connectivity index (χ0n) is 13.0. The van der Waals surface area contributed by atoms with Crippen LogP contribution in [-0.2, 0) is 0 Å². The van der Waals surface area contributed by atoms with Crippen molar-refractivity contribution in [1.82, 2.24) is 9.97 Å². The van der Waals surface area contributed by atoms with Gasteiger partial charge in [0.15, 0.2) is 0 Å². The molecule has 0 radical (unpaired) electrons. The van der Waals surface area contributed by atoms with Gasteiger partial charge in [-0.25, -0.2) is 9.97 Å². The second-order valence-corrected chi connectivity index (χ2v) is 4.87. The van der Waals surface area contributed by atoms with Crippen LogP contribution < -0.4 is 15.4 Å². The van der Waals surface area contributed by atoms with Crippen molar-refractivity contribution in [3.63, 3.8) is 0 Å². The number of amides is 1. The van der Waals surface area contributed by atoms with Gasteiger partial charge >= 0.3 is 0 Å². The highest BCUT2D eigenvalue weighted by Gasteiger charge is 2.12. The van der Waals surface area contributed by atoms with Crippen molar-refractivity contribution in [3.8, 4) is 5.75 Å². The highest BCUT2D eigenvalue weighted by Crippen LogP contribution is 2.23. The predicted molar refractivity (Wildman–Crippen MR) is 86.4 cm³/mol. The van der Waals surface area contributed by atoms with Crippen LogP contribution in [0.5, 0.6) is 5.75 Å². The van der Waals surface area contributed by atoms with Crippen molar-refractivity contribution >= 4 is 17.5 Å². The van der Waals surface area contributed by atoms with Gasteiger partial charge in [-0.05, 0) is 31.5 Å². The van der Waals surface area contributed by atoms with Gasteiger partial charge in [0.1, 0.15) is 11.4 Å². The minimum absolute atomic E-state index is 0.243. The van der Waals surface area contributed by atoms with Crippen LogP contribution in [-0.4, -0.2) is 29.0 Å². The molecule has 6 heteroatoms. The first-order chi connectivity index (χ1) is 10.6. The van der Waals surface area contributed by atoms with Gasteiger partial charge < -0.3 is 15.4 Å². The highest BCUT2D eigenvalue weighted by molar-refractivity contribution is 6.03. The maximum absolute atomic E-state index is 12.3. The Morgan fingerprint density at radius 3 is 2.82 bits per heavy atom. The van der Waals surface area contributed by atoms with Crippen molar-refractivity contribution in [2.24, 2.45) is 0 Å². The number of nitrogens with zero attached hydrogens (tertiary/aromatic N) is 2. The predicted octanol–water partition coefficient (Wildman–Crippen LogP) is 2.95. The maximum Gasteiger partial charge on any atom is 0.274 e. The Morgan fingerprint density at radius 2 is 2.09 bits per heavy atom. The first-order valence-electron chi connectivity index (χ1n) is 7.18. The number of hydrogen-bond donors (Lipinski definition) is 2. The third-order valence-electron chi connectivity index (χ3n) is 3.23. The van der Waals surface area contributed by atoms with Crippen LogP contribution in [0, 0.1) is 0 Å².